The lowest BCUT2D eigenvalue weighted by atomic mass is 9.76. The van der Waals surface area contributed by atoms with Crippen molar-refractivity contribution in [1.29, 1.82) is 0 Å². The van der Waals surface area contributed by atoms with Crippen LogP contribution in [0.15, 0.2) is 30.3 Å². The fraction of sp³-hybridized carbons (Fsp3) is 0.500. The number of benzene rings is 1. The quantitative estimate of drug-likeness (QED) is 0.814. The molecule has 0 aromatic heterocycles. The van der Waals surface area contributed by atoms with Gasteiger partial charge in [-0.05, 0) is 30.7 Å². The lowest BCUT2D eigenvalue weighted by Crippen LogP contribution is -2.37. The summed E-state index contributed by atoms with van der Waals surface area (Å²) in [6.45, 7) is 0. The molecule has 1 N–H and O–H groups in total. The second-order valence-corrected chi connectivity index (χ2v) is 7.25. The van der Waals surface area contributed by atoms with Gasteiger partial charge in [0.25, 0.3) is 0 Å². The third kappa shape index (κ3) is 3.35. The Balaban J connectivity index is 2.11. The summed E-state index contributed by atoms with van der Waals surface area (Å²) in [7, 11) is 0. The van der Waals surface area contributed by atoms with Crippen LogP contribution >= 0.6 is 31.9 Å². The van der Waals surface area contributed by atoms with Crippen LogP contribution in [0, 0.1) is 11.8 Å². The van der Waals surface area contributed by atoms with Gasteiger partial charge in [-0.1, -0.05) is 62.2 Å². The molecule has 1 aliphatic carbocycles. The lowest BCUT2D eigenvalue weighted by molar-refractivity contribution is -0.144. The van der Waals surface area contributed by atoms with Crippen LogP contribution in [0.5, 0.6) is 0 Å². The number of hydrogen-bond donors (Lipinski definition) is 1. The van der Waals surface area contributed by atoms with Gasteiger partial charge < -0.3 is 5.11 Å². The third-order valence-electron chi connectivity index (χ3n) is 3.63. The summed E-state index contributed by atoms with van der Waals surface area (Å²) in [5.41, 5.74) is 1.22. The Bertz CT molecular complexity index is 408. The highest BCUT2D eigenvalue weighted by Crippen LogP contribution is 2.39. The number of halogens is 2. The van der Waals surface area contributed by atoms with Crippen LogP contribution in [0.2, 0.25) is 0 Å². The monoisotopic (exact) mass is 374 g/mol. The first kappa shape index (κ1) is 14.1. The molecule has 98 valence electrons. The maximum absolute atomic E-state index is 11.4. The largest absolute Gasteiger partial charge is 0.481 e. The van der Waals surface area contributed by atoms with E-state index in [1.807, 2.05) is 18.2 Å². The molecule has 0 radical (unpaired) electrons. The zero-order chi connectivity index (χ0) is 13.1. The van der Waals surface area contributed by atoms with Crippen molar-refractivity contribution in [2.45, 2.75) is 28.9 Å². The Labute approximate surface area is 124 Å². The second kappa shape index (κ2) is 6.20. The molecule has 2 nitrogen and oxygen atoms in total. The Hall–Kier alpha value is -0.350. The molecule has 0 heterocycles. The molecule has 4 heteroatoms. The molecular weight excluding hydrogens is 360 g/mol. The fourth-order valence-corrected chi connectivity index (χ4v) is 3.94. The molecule has 0 amide bonds. The summed E-state index contributed by atoms with van der Waals surface area (Å²) < 4.78 is 0. The van der Waals surface area contributed by atoms with Gasteiger partial charge in [-0.3, -0.25) is 4.79 Å². The zero-order valence-electron chi connectivity index (χ0n) is 9.93. The highest BCUT2D eigenvalue weighted by Gasteiger charge is 2.38. The van der Waals surface area contributed by atoms with Crippen LogP contribution in [-0.2, 0) is 11.2 Å². The van der Waals surface area contributed by atoms with Crippen molar-refractivity contribution >= 4 is 37.8 Å². The van der Waals surface area contributed by atoms with Gasteiger partial charge in [0.1, 0.15) is 0 Å². The van der Waals surface area contributed by atoms with Gasteiger partial charge in [0.2, 0.25) is 0 Å². The maximum Gasteiger partial charge on any atom is 0.306 e. The lowest BCUT2D eigenvalue weighted by Gasteiger charge is -2.35. The summed E-state index contributed by atoms with van der Waals surface area (Å²) in [4.78, 5) is 12.0. The minimum atomic E-state index is -0.667. The molecule has 0 spiro atoms. The predicted molar refractivity (Wildman–Crippen MR) is 79.4 cm³/mol. The zero-order valence-corrected chi connectivity index (χ0v) is 13.1. The van der Waals surface area contributed by atoms with Crippen LogP contribution in [0.1, 0.15) is 18.4 Å². The van der Waals surface area contributed by atoms with E-state index in [0.29, 0.717) is 11.2 Å². The van der Waals surface area contributed by atoms with E-state index < -0.39 is 5.97 Å². The van der Waals surface area contributed by atoms with E-state index in [1.54, 1.807) is 0 Å². The van der Waals surface area contributed by atoms with Gasteiger partial charge in [0, 0.05) is 9.65 Å². The molecule has 0 aliphatic heterocycles. The smallest absolute Gasteiger partial charge is 0.306 e. The Morgan fingerprint density at radius 2 is 1.78 bits per heavy atom. The molecule has 0 bridgehead atoms. The van der Waals surface area contributed by atoms with Gasteiger partial charge in [-0.15, -0.1) is 0 Å². The number of carboxylic acids is 1. The summed E-state index contributed by atoms with van der Waals surface area (Å²) in [6.07, 6.45) is 2.45. The summed E-state index contributed by atoms with van der Waals surface area (Å²) >= 11 is 7.21. The van der Waals surface area contributed by atoms with Crippen LogP contribution in [0.25, 0.3) is 0 Å². The standard InChI is InChI=1S/C14H16Br2O2/c15-12-7-10(6-9-4-2-1-3-5-9)11(14(17)18)8-13(12)16/h1-5,10-13H,6-8H2,(H,17,18)/t10-,11-,12+,13+/m0/s1. The van der Waals surface area contributed by atoms with Crippen molar-refractivity contribution in [2.24, 2.45) is 11.8 Å². The molecule has 4 atom stereocenters. The van der Waals surface area contributed by atoms with E-state index in [-0.39, 0.29) is 16.7 Å². The maximum atomic E-state index is 11.4. The van der Waals surface area contributed by atoms with Crippen molar-refractivity contribution in [2.75, 3.05) is 0 Å². The number of carboxylic acid groups (broad SMARTS) is 1. The number of carbonyl (C=O) groups is 1. The third-order valence-corrected chi connectivity index (χ3v) is 6.36. The Morgan fingerprint density at radius 1 is 1.17 bits per heavy atom. The Morgan fingerprint density at radius 3 is 2.39 bits per heavy atom. The average molecular weight is 376 g/mol. The summed E-state index contributed by atoms with van der Waals surface area (Å²) in [6, 6.07) is 10.1. The topological polar surface area (TPSA) is 37.3 Å². The minimum absolute atomic E-state index is 0.211. The predicted octanol–water partition coefficient (Wildman–Crippen LogP) is 3.87. The number of aliphatic carboxylic acids is 1. The van der Waals surface area contributed by atoms with Crippen LogP contribution in [0.3, 0.4) is 0 Å². The van der Waals surface area contributed by atoms with E-state index in [1.165, 1.54) is 5.56 Å². The average Bonchev–Trinajstić information content (AvgIpc) is 2.34. The highest BCUT2D eigenvalue weighted by atomic mass is 79.9. The van der Waals surface area contributed by atoms with Gasteiger partial charge in [-0.2, -0.15) is 0 Å². The van der Waals surface area contributed by atoms with Gasteiger partial charge in [0.05, 0.1) is 5.92 Å². The Kier molecular flexibility index (Phi) is 4.84. The van der Waals surface area contributed by atoms with Gasteiger partial charge >= 0.3 is 5.97 Å². The van der Waals surface area contributed by atoms with Crippen molar-refractivity contribution in [3.05, 3.63) is 35.9 Å². The van der Waals surface area contributed by atoms with Crippen molar-refractivity contribution < 1.29 is 9.90 Å². The normalized spacial score (nSPS) is 32.1. The van der Waals surface area contributed by atoms with Crippen molar-refractivity contribution in [3.8, 4) is 0 Å². The van der Waals surface area contributed by atoms with Crippen LogP contribution < -0.4 is 0 Å². The second-order valence-electron chi connectivity index (χ2n) is 4.90. The molecule has 18 heavy (non-hydrogen) atoms. The SMILES string of the molecule is O=C(O)[C@H]1C[C@@H](Br)[C@H](Br)C[C@@H]1Cc1ccccc1. The van der Waals surface area contributed by atoms with E-state index in [4.69, 9.17) is 0 Å². The molecule has 0 unspecified atom stereocenters. The van der Waals surface area contributed by atoms with Crippen molar-refractivity contribution in [3.63, 3.8) is 0 Å². The van der Waals surface area contributed by atoms with Crippen LogP contribution in [-0.4, -0.2) is 20.7 Å². The van der Waals surface area contributed by atoms with Gasteiger partial charge in [0.15, 0.2) is 0 Å². The number of hydrogen-bond acceptors (Lipinski definition) is 1. The first-order chi connectivity index (χ1) is 8.58. The minimum Gasteiger partial charge on any atom is -0.481 e. The molecule has 1 aliphatic rings. The van der Waals surface area contributed by atoms with Gasteiger partial charge in [-0.25, -0.2) is 0 Å². The number of rotatable bonds is 3. The van der Waals surface area contributed by atoms with E-state index >= 15 is 0 Å². The summed E-state index contributed by atoms with van der Waals surface area (Å²) in [5, 5.41) is 9.35. The molecule has 1 aromatic carbocycles. The fourth-order valence-electron chi connectivity index (χ4n) is 2.63. The summed E-state index contributed by atoms with van der Waals surface area (Å²) in [5.74, 6) is -0.703. The van der Waals surface area contributed by atoms with E-state index in [0.717, 1.165) is 12.8 Å². The number of alkyl halides is 2. The highest BCUT2D eigenvalue weighted by molar-refractivity contribution is 9.12. The first-order valence-corrected chi connectivity index (χ1v) is 7.96. The molecule has 1 aromatic rings. The van der Waals surface area contributed by atoms with E-state index in [2.05, 4.69) is 44.0 Å². The molecule has 0 saturated heterocycles. The molecule has 1 saturated carbocycles. The first-order valence-electron chi connectivity index (χ1n) is 6.12. The van der Waals surface area contributed by atoms with Crippen LogP contribution in [0.4, 0.5) is 0 Å². The molecule has 1 fully saturated rings. The van der Waals surface area contributed by atoms with E-state index in [9.17, 15) is 9.90 Å². The molecule has 2 rings (SSSR count). The molecular formula is C14H16Br2O2. The van der Waals surface area contributed by atoms with Crippen molar-refractivity contribution in [1.82, 2.24) is 0 Å².